The number of aromatic nitrogens is 1. The molecule has 1 N–H and O–H groups in total. The summed E-state index contributed by atoms with van der Waals surface area (Å²) < 4.78 is 0. The highest BCUT2D eigenvalue weighted by molar-refractivity contribution is 6.06. The van der Waals surface area contributed by atoms with Crippen molar-refractivity contribution in [2.45, 2.75) is 6.42 Å². The molecular weight excluding hydrogens is 260 g/mol. The molecule has 0 bridgehead atoms. The molecule has 1 aromatic heterocycles. The van der Waals surface area contributed by atoms with E-state index in [9.17, 15) is 4.79 Å². The van der Waals surface area contributed by atoms with Crippen LogP contribution in [-0.2, 0) is 6.42 Å². The van der Waals surface area contributed by atoms with Crippen LogP contribution in [0.4, 0.5) is 0 Å². The van der Waals surface area contributed by atoms with Gasteiger partial charge in [0.1, 0.15) is 0 Å². The molecule has 0 radical (unpaired) electrons. The third kappa shape index (κ3) is 3.08. The molecule has 0 saturated heterocycles. The average molecular weight is 276 g/mol. The molecule has 0 atom stereocenters. The molecular formula is C18H16N2O. The Morgan fingerprint density at radius 3 is 2.62 bits per heavy atom. The van der Waals surface area contributed by atoms with Crippen LogP contribution in [0.1, 0.15) is 16.1 Å². The maximum Gasteiger partial charge on any atom is 0.251 e. The van der Waals surface area contributed by atoms with E-state index in [-0.39, 0.29) is 5.91 Å². The number of rotatable bonds is 4. The molecule has 21 heavy (non-hydrogen) atoms. The van der Waals surface area contributed by atoms with E-state index in [1.807, 2.05) is 60.7 Å². The Kier molecular flexibility index (Phi) is 3.92. The van der Waals surface area contributed by atoms with Crippen LogP contribution in [0.3, 0.4) is 0 Å². The van der Waals surface area contributed by atoms with Crippen LogP contribution >= 0.6 is 0 Å². The molecule has 1 amide bonds. The van der Waals surface area contributed by atoms with Gasteiger partial charge < -0.3 is 5.32 Å². The molecule has 3 aromatic rings. The predicted octanol–water partition coefficient (Wildman–Crippen LogP) is 3.21. The molecule has 104 valence electrons. The van der Waals surface area contributed by atoms with E-state index in [1.54, 1.807) is 6.20 Å². The van der Waals surface area contributed by atoms with Crippen molar-refractivity contribution >= 4 is 16.7 Å². The number of nitrogens with one attached hydrogen (secondary N) is 1. The molecule has 2 aromatic carbocycles. The number of pyridine rings is 1. The van der Waals surface area contributed by atoms with E-state index in [0.717, 1.165) is 22.9 Å². The molecule has 0 aliphatic carbocycles. The van der Waals surface area contributed by atoms with Crippen molar-refractivity contribution in [2.75, 3.05) is 6.54 Å². The van der Waals surface area contributed by atoms with Crippen LogP contribution in [-0.4, -0.2) is 17.4 Å². The Hall–Kier alpha value is -2.68. The number of nitrogens with zero attached hydrogens (tertiary/aromatic N) is 1. The van der Waals surface area contributed by atoms with Crippen molar-refractivity contribution in [2.24, 2.45) is 0 Å². The van der Waals surface area contributed by atoms with Gasteiger partial charge in [-0.2, -0.15) is 0 Å². The summed E-state index contributed by atoms with van der Waals surface area (Å²) >= 11 is 0. The van der Waals surface area contributed by atoms with Gasteiger partial charge in [0, 0.05) is 30.4 Å². The molecule has 0 aliphatic rings. The van der Waals surface area contributed by atoms with E-state index < -0.39 is 0 Å². The third-order valence-corrected chi connectivity index (χ3v) is 3.43. The summed E-state index contributed by atoms with van der Waals surface area (Å²) in [6.07, 6.45) is 2.50. The lowest BCUT2D eigenvalue weighted by molar-refractivity contribution is 0.0955. The Morgan fingerprint density at radius 1 is 0.952 bits per heavy atom. The third-order valence-electron chi connectivity index (χ3n) is 3.43. The summed E-state index contributed by atoms with van der Waals surface area (Å²) in [6.45, 7) is 0.582. The molecule has 3 rings (SSSR count). The predicted molar refractivity (Wildman–Crippen MR) is 84.2 cm³/mol. The molecule has 0 aliphatic heterocycles. The zero-order valence-corrected chi connectivity index (χ0v) is 11.6. The topological polar surface area (TPSA) is 42.0 Å². The highest BCUT2D eigenvalue weighted by Gasteiger charge is 2.08. The first-order valence-electron chi connectivity index (χ1n) is 7.00. The molecule has 0 fully saturated rings. The summed E-state index contributed by atoms with van der Waals surface area (Å²) in [5, 5.41) is 5.02. The minimum atomic E-state index is -0.0391. The van der Waals surface area contributed by atoms with E-state index in [2.05, 4.69) is 10.3 Å². The fourth-order valence-electron chi connectivity index (χ4n) is 2.37. The maximum atomic E-state index is 12.3. The van der Waals surface area contributed by atoms with Crippen LogP contribution in [0.25, 0.3) is 10.8 Å². The monoisotopic (exact) mass is 276 g/mol. The van der Waals surface area contributed by atoms with E-state index in [0.29, 0.717) is 12.1 Å². The summed E-state index contributed by atoms with van der Waals surface area (Å²) in [5.74, 6) is -0.0391. The van der Waals surface area contributed by atoms with Gasteiger partial charge in [-0.3, -0.25) is 9.78 Å². The van der Waals surface area contributed by atoms with E-state index in [4.69, 9.17) is 0 Å². The first-order chi connectivity index (χ1) is 10.3. The van der Waals surface area contributed by atoms with Crippen molar-refractivity contribution in [1.29, 1.82) is 0 Å². The van der Waals surface area contributed by atoms with Gasteiger partial charge in [0.05, 0.1) is 0 Å². The second-order valence-corrected chi connectivity index (χ2v) is 4.85. The normalized spacial score (nSPS) is 10.5. The number of carbonyl (C=O) groups excluding carboxylic acids is 1. The summed E-state index contributed by atoms with van der Waals surface area (Å²) in [7, 11) is 0. The van der Waals surface area contributed by atoms with Gasteiger partial charge in [0.25, 0.3) is 5.91 Å². The number of fused-ring (bicyclic) bond motifs is 1. The largest absolute Gasteiger partial charge is 0.352 e. The second-order valence-electron chi connectivity index (χ2n) is 4.85. The smallest absolute Gasteiger partial charge is 0.251 e. The molecule has 0 unspecified atom stereocenters. The van der Waals surface area contributed by atoms with Gasteiger partial charge >= 0.3 is 0 Å². The Balaban J connectivity index is 1.70. The van der Waals surface area contributed by atoms with Crippen LogP contribution in [0, 0.1) is 0 Å². The van der Waals surface area contributed by atoms with Crippen molar-refractivity contribution in [3.63, 3.8) is 0 Å². The fraction of sp³-hybridized carbons (Fsp3) is 0.111. The molecule has 3 nitrogen and oxygen atoms in total. The number of hydrogen-bond acceptors (Lipinski definition) is 2. The zero-order chi connectivity index (χ0) is 14.5. The molecule has 0 spiro atoms. The Labute approximate surface area is 123 Å². The number of amides is 1. The zero-order valence-electron chi connectivity index (χ0n) is 11.6. The lowest BCUT2D eigenvalue weighted by atomic mass is 10.0. The van der Waals surface area contributed by atoms with E-state index >= 15 is 0 Å². The standard InChI is InChI=1S/C18H16N2O/c21-18(20-13-11-15-8-3-4-12-19-15)17-10-5-7-14-6-1-2-9-16(14)17/h1-10,12H,11,13H2,(H,20,21). The number of benzene rings is 2. The quantitative estimate of drug-likeness (QED) is 0.795. The Morgan fingerprint density at radius 2 is 1.76 bits per heavy atom. The SMILES string of the molecule is O=C(NCCc1ccccn1)c1cccc2ccccc12. The van der Waals surface area contributed by atoms with Crippen molar-refractivity contribution < 1.29 is 4.79 Å². The van der Waals surface area contributed by atoms with Crippen molar-refractivity contribution in [1.82, 2.24) is 10.3 Å². The summed E-state index contributed by atoms with van der Waals surface area (Å²) in [4.78, 5) is 16.6. The van der Waals surface area contributed by atoms with Gasteiger partial charge in [-0.25, -0.2) is 0 Å². The van der Waals surface area contributed by atoms with Crippen LogP contribution < -0.4 is 5.32 Å². The lowest BCUT2D eigenvalue weighted by Crippen LogP contribution is -2.26. The minimum absolute atomic E-state index is 0.0391. The molecule has 3 heteroatoms. The average Bonchev–Trinajstić information content (AvgIpc) is 2.55. The van der Waals surface area contributed by atoms with Gasteiger partial charge in [-0.05, 0) is 29.0 Å². The first kappa shape index (κ1) is 13.3. The van der Waals surface area contributed by atoms with Gasteiger partial charge in [-0.15, -0.1) is 0 Å². The highest BCUT2D eigenvalue weighted by atomic mass is 16.1. The van der Waals surface area contributed by atoms with Crippen LogP contribution in [0.15, 0.2) is 66.9 Å². The minimum Gasteiger partial charge on any atom is -0.352 e. The van der Waals surface area contributed by atoms with Crippen molar-refractivity contribution in [3.05, 3.63) is 78.1 Å². The summed E-state index contributed by atoms with van der Waals surface area (Å²) in [5.41, 5.74) is 1.70. The van der Waals surface area contributed by atoms with Crippen LogP contribution in [0.5, 0.6) is 0 Å². The van der Waals surface area contributed by atoms with Gasteiger partial charge in [0.2, 0.25) is 0 Å². The van der Waals surface area contributed by atoms with Crippen molar-refractivity contribution in [3.8, 4) is 0 Å². The van der Waals surface area contributed by atoms with E-state index in [1.165, 1.54) is 0 Å². The molecule has 1 heterocycles. The summed E-state index contributed by atoms with van der Waals surface area (Å²) in [6, 6.07) is 19.5. The van der Waals surface area contributed by atoms with Gasteiger partial charge in [0.15, 0.2) is 0 Å². The number of carbonyl (C=O) groups is 1. The fourth-order valence-corrected chi connectivity index (χ4v) is 2.37. The first-order valence-corrected chi connectivity index (χ1v) is 7.00. The highest BCUT2D eigenvalue weighted by Crippen LogP contribution is 2.18. The maximum absolute atomic E-state index is 12.3. The second kappa shape index (κ2) is 6.18. The van der Waals surface area contributed by atoms with Crippen LogP contribution in [0.2, 0.25) is 0 Å². The van der Waals surface area contributed by atoms with Gasteiger partial charge in [-0.1, -0.05) is 42.5 Å². The number of hydrogen-bond donors (Lipinski definition) is 1. The molecule has 0 saturated carbocycles. The lowest BCUT2D eigenvalue weighted by Gasteiger charge is -2.08. The Bertz CT molecular complexity index is 748.